The summed E-state index contributed by atoms with van der Waals surface area (Å²) in [5.41, 5.74) is 2.23. The summed E-state index contributed by atoms with van der Waals surface area (Å²) in [6.07, 6.45) is 5.69. The number of nitrogens with zero attached hydrogens (tertiary/aromatic N) is 4. The van der Waals surface area contributed by atoms with Crippen LogP contribution in [0.2, 0.25) is 0 Å². The summed E-state index contributed by atoms with van der Waals surface area (Å²) in [4.78, 5) is 4.34. The maximum absolute atomic E-state index is 5.21. The molecule has 0 spiro atoms. The normalized spacial score (nSPS) is 10.8. The molecule has 20 heavy (non-hydrogen) atoms. The van der Waals surface area contributed by atoms with Crippen molar-refractivity contribution >= 4 is 0 Å². The van der Waals surface area contributed by atoms with Gasteiger partial charge in [0, 0.05) is 18.2 Å². The van der Waals surface area contributed by atoms with Crippen LogP contribution in [0.5, 0.6) is 0 Å². The van der Waals surface area contributed by atoms with E-state index in [1.807, 2.05) is 35.3 Å². The third-order valence-electron chi connectivity index (χ3n) is 3.02. The van der Waals surface area contributed by atoms with Gasteiger partial charge in [-0.1, -0.05) is 42.4 Å². The molecule has 5 nitrogen and oxygen atoms in total. The van der Waals surface area contributed by atoms with Gasteiger partial charge in [-0.05, 0) is 12.0 Å². The molecule has 2 aromatic heterocycles. The molecule has 0 amide bonds. The highest BCUT2D eigenvalue weighted by molar-refractivity contribution is 5.61. The van der Waals surface area contributed by atoms with Gasteiger partial charge < -0.3 is 4.52 Å². The zero-order valence-electron chi connectivity index (χ0n) is 11.4. The molecule has 0 radical (unpaired) electrons. The first-order valence-electron chi connectivity index (χ1n) is 6.74. The summed E-state index contributed by atoms with van der Waals surface area (Å²) < 4.78 is 7.03. The molecule has 0 saturated heterocycles. The molecule has 0 unspecified atom stereocenters. The zero-order valence-corrected chi connectivity index (χ0v) is 11.4. The minimum Gasteiger partial charge on any atom is -0.337 e. The first-order valence-corrected chi connectivity index (χ1v) is 6.74. The molecule has 0 aliphatic rings. The Morgan fingerprint density at radius 1 is 1.15 bits per heavy atom. The third kappa shape index (κ3) is 2.77. The van der Waals surface area contributed by atoms with Crippen LogP contribution in [-0.2, 0) is 13.0 Å². The maximum Gasteiger partial charge on any atom is 0.248 e. The molecule has 0 fully saturated rings. The van der Waals surface area contributed by atoms with Crippen LogP contribution in [0.25, 0.3) is 11.1 Å². The highest BCUT2D eigenvalue weighted by Gasteiger charge is 2.08. The van der Waals surface area contributed by atoms with Crippen molar-refractivity contribution < 1.29 is 4.52 Å². The minimum atomic E-state index is 0.504. The SMILES string of the molecule is CCCc1noc(Cn2cc(-c3ccccc3)cn2)n1. The first kappa shape index (κ1) is 12.6. The van der Waals surface area contributed by atoms with Crippen molar-refractivity contribution in [1.82, 2.24) is 19.9 Å². The number of aryl methyl sites for hydroxylation is 1. The quantitative estimate of drug-likeness (QED) is 0.714. The number of benzene rings is 1. The average molecular weight is 268 g/mol. The summed E-state index contributed by atoms with van der Waals surface area (Å²) in [6, 6.07) is 10.2. The number of rotatable bonds is 5. The van der Waals surface area contributed by atoms with E-state index in [1.165, 1.54) is 0 Å². The molecule has 0 bridgehead atoms. The second-order valence-electron chi connectivity index (χ2n) is 4.65. The molecule has 0 saturated carbocycles. The molecule has 3 aromatic rings. The van der Waals surface area contributed by atoms with Crippen LogP contribution >= 0.6 is 0 Å². The standard InChI is InChI=1S/C15H16N4O/c1-2-6-14-17-15(20-18-14)11-19-10-13(9-16-19)12-7-4-3-5-8-12/h3-5,7-10H,2,6,11H2,1H3. The van der Waals surface area contributed by atoms with Gasteiger partial charge in [0.15, 0.2) is 5.82 Å². The maximum atomic E-state index is 5.21. The molecular formula is C15H16N4O. The largest absolute Gasteiger partial charge is 0.337 e. The Hall–Kier alpha value is -2.43. The van der Waals surface area contributed by atoms with Crippen molar-refractivity contribution in [2.75, 3.05) is 0 Å². The van der Waals surface area contributed by atoms with Gasteiger partial charge in [0.25, 0.3) is 0 Å². The van der Waals surface area contributed by atoms with Gasteiger partial charge in [-0.2, -0.15) is 10.1 Å². The van der Waals surface area contributed by atoms with Crippen molar-refractivity contribution in [2.45, 2.75) is 26.3 Å². The predicted molar refractivity (Wildman–Crippen MR) is 75.1 cm³/mol. The fourth-order valence-corrected chi connectivity index (χ4v) is 2.05. The predicted octanol–water partition coefficient (Wildman–Crippen LogP) is 2.93. The monoisotopic (exact) mass is 268 g/mol. The first-order chi connectivity index (χ1) is 9.85. The van der Waals surface area contributed by atoms with Crippen molar-refractivity contribution in [3.8, 4) is 11.1 Å². The van der Waals surface area contributed by atoms with Gasteiger partial charge in [-0.15, -0.1) is 0 Å². The van der Waals surface area contributed by atoms with E-state index in [4.69, 9.17) is 4.52 Å². The molecule has 102 valence electrons. The molecule has 1 aromatic carbocycles. The van der Waals surface area contributed by atoms with Crippen LogP contribution in [0.1, 0.15) is 25.1 Å². The number of hydrogen-bond donors (Lipinski definition) is 0. The second-order valence-corrected chi connectivity index (χ2v) is 4.65. The van der Waals surface area contributed by atoms with E-state index in [9.17, 15) is 0 Å². The molecule has 0 N–H and O–H groups in total. The Kier molecular flexibility index (Phi) is 3.58. The number of hydrogen-bond acceptors (Lipinski definition) is 4. The lowest BCUT2D eigenvalue weighted by atomic mass is 10.1. The summed E-state index contributed by atoms with van der Waals surface area (Å²) in [5, 5.41) is 8.27. The Bertz CT molecular complexity index is 672. The Morgan fingerprint density at radius 2 is 2.00 bits per heavy atom. The molecule has 2 heterocycles. The van der Waals surface area contributed by atoms with Crippen LogP contribution in [0, 0.1) is 0 Å². The van der Waals surface area contributed by atoms with Crippen LogP contribution in [-0.4, -0.2) is 19.9 Å². The lowest BCUT2D eigenvalue weighted by molar-refractivity contribution is 0.361. The smallest absolute Gasteiger partial charge is 0.248 e. The van der Waals surface area contributed by atoms with Crippen LogP contribution in [0.4, 0.5) is 0 Å². The van der Waals surface area contributed by atoms with E-state index in [2.05, 4.69) is 34.3 Å². The van der Waals surface area contributed by atoms with Gasteiger partial charge in [-0.3, -0.25) is 4.68 Å². The summed E-state index contributed by atoms with van der Waals surface area (Å²) >= 11 is 0. The van der Waals surface area contributed by atoms with Gasteiger partial charge in [0.05, 0.1) is 6.20 Å². The summed E-state index contributed by atoms with van der Waals surface area (Å²) in [7, 11) is 0. The van der Waals surface area contributed by atoms with Crippen molar-refractivity contribution in [2.24, 2.45) is 0 Å². The van der Waals surface area contributed by atoms with Gasteiger partial charge in [0.1, 0.15) is 6.54 Å². The minimum absolute atomic E-state index is 0.504. The van der Waals surface area contributed by atoms with E-state index in [-0.39, 0.29) is 0 Å². The molecule has 0 aliphatic carbocycles. The Labute approximate surface area is 117 Å². The molecule has 5 heteroatoms. The molecule has 0 atom stereocenters. The number of aromatic nitrogens is 4. The van der Waals surface area contributed by atoms with Crippen molar-refractivity contribution in [3.05, 3.63) is 54.4 Å². The Morgan fingerprint density at radius 3 is 2.80 bits per heavy atom. The van der Waals surface area contributed by atoms with Crippen LogP contribution in [0.3, 0.4) is 0 Å². The van der Waals surface area contributed by atoms with Gasteiger partial charge in [-0.25, -0.2) is 0 Å². The van der Waals surface area contributed by atoms with E-state index in [0.717, 1.165) is 29.8 Å². The van der Waals surface area contributed by atoms with E-state index >= 15 is 0 Å². The highest BCUT2D eigenvalue weighted by Crippen LogP contribution is 2.17. The third-order valence-corrected chi connectivity index (χ3v) is 3.02. The molecule has 0 aliphatic heterocycles. The van der Waals surface area contributed by atoms with Crippen LogP contribution in [0.15, 0.2) is 47.2 Å². The lowest BCUT2D eigenvalue weighted by Crippen LogP contribution is -2.00. The summed E-state index contributed by atoms with van der Waals surface area (Å²) in [5.74, 6) is 1.36. The van der Waals surface area contributed by atoms with E-state index < -0.39 is 0 Å². The summed E-state index contributed by atoms with van der Waals surface area (Å²) in [6.45, 7) is 2.60. The zero-order chi connectivity index (χ0) is 13.8. The van der Waals surface area contributed by atoms with Gasteiger partial charge in [0.2, 0.25) is 5.89 Å². The fraction of sp³-hybridized carbons (Fsp3) is 0.267. The van der Waals surface area contributed by atoms with E-state index in [1.54, 1.807) is 0 Å². The average Bonchev–Trinajstić information content (AvgIpc) is 3.11. The van der Waals surface area contributed by atoms with Crippen LogP contribution < -0.4 is 0 Å². The van der Waals surface area contributed by atoms with Crippen molar-refractivity contribution in [1.29, 1.82) is 0 Å². The van der Waals surface area contributed by atoms with E-state index in [0.29, 0.717) is 12.4 Å². The van der Waals surface area contributed by atoms with Crippen molar-refractivity contribution in [3.63, 3.8) is 0 Å². The topological polar surface area (TPSA) is 56.7 Å². The fourth-order valence-electron chi connectivity index (χ4n) is 2.05. The highest BCUT2D eigenvalue weighted by atomic mass is 16.5. The Balaban J connectivity index is 1.73. The second kappa shape index (κ2) is 5.69. The molecule has 3 rings (SSSR count). The lowest BCUT2D eigenvalue weighted by Gasteiger charge is -1.96. The van der Waals surface area contributed by atoms with Gasteiger partial charge >= 0.3 is 0 Å². The molecular weight excluding hydrogens is 252 g/mol.